The zero-order valence-corrected chi connectivity index (χ0v) is 15.9. The second-order valence-electron chi connectivity index (χ2n) is 6.29. The lowest BCUT2D eigenvalue weighted by atomic mass is 10.1. The minimum Gasteiger partial charge on any atom is -0.489 e. The Bertz CT molecular complexity index is 1030. The molecule has 137 valence electrons. The molecule has 4 aromatic rings. The van der Waals surface area contributed by atoms with Crippen LogP contribution in [0.1, 0.15) is 5.56 Å². The van der Waals surface area contributed by atoms with Crippen molar-refractivity contribution in [3.63, 3.8) is 0 Å². The van der Waals surface area contributed by atoms with Gasteiger partial charge in [0.15, 0.2) is 0 Å². The molecule has 0 atom stereocenters. The van der Waals surface area contributed by atoms with Crippen LogP contribution in [-0.2, 0) is 6.61 Å². The molecular formula is C25H18ClO2. The average Bonchev–Trinajstić information content (AvgIpc) is 2.75. The Morgan fingerprint density at radius 1 is 0.714 bits per heavy atom. The first-order chi connectivity index (χ1) is 13.8. The summed E-state index contributed by atoms with van der Waals surface area (Å²) in [5, 5.41) is 0.718. The summed E-state index contributed by atoms with van der Waals surface area (Å²) in [7, 11) is 0. The van der Waals surface area contributed by atoms with Crippen LogP contribution in [0.15, 0.2) is 97.1 Å². The molecule has 0 aliphatic carbocycles. The summed E-state index contributed by atoms with van der Waals surface area (Å²) in [6.45, 7) is 0.475. The van der Waals surface area contributed by atoms with Crippen LogP contribution in [0.3, 0.4) is 0 Å². The maximum absolute atomic E-state index is 5.97. The van der Waals surface area contributed by atoms with E-state index in [0.29, 0.717) is 6.61 Å². The zero-order valence-electron chi connectivity index (χ0n) is 15.1. The van der Waals surface area contributed by atoms with Gasteiger partial charge in [0, 0.05) is 11.1 Å². The molecule has 0 amide bonds. The van der Waals surface area contributed by atoms with Crippen molar-refractivity contribution in [2.75, 3.05) is 0 Å². The van der Waals surface area contributed by atoms with E-state index in [1.165, 1.54) is 0 Å². The van der Waals surface area contributed by atoms with E-state index in [1.807, 2.05) is 97.1 Å². The van der Waals surface area contributed by atoms with E-state index >= 15 is 0 Å². The van der Waals surface area contributed by atoms with E-state index in [4.69, 9.17) is 21.1 Å². The number of benzene rings is 4. The minimum absolute atomic E-state index is 0.475. The molecule has 0 saturated heterocycles. The molecule has 0 N–H and O–H groups in total. The molecule has 0 saturated carbocycles. The Balaban J connectivity index is 1.41. The van der Waals surface area contributed by atoms with Crippen LogP contribution in [0.4, 0.5) is 0 Å². The molecule has 0 aliphatic heterocycles. The van der Waals surface area contributed by atoms with Crippen LogP contribution in [0.5, 0.6) is 17.2 Å². The van der Waals surface area contributed by atoms with Gasteiger partial charge in [0.2, 0.25) is 0 Å². The van der Waals surface area contributed by atoms with Gasteiger partial charge in [0.1, 0.15) is 23.9 Å². The van der Waals surface area contributed by atoms with Gasteiger partial charge < -0.3 is 9.47 Å². The number of ether oxygens (including phenoxy) is 2. The Hall–Kier alpha value is -3.23. The Kier molecular flexibility index (Phi) is 5.60. The molecule has 0 unspecified atom stereocenters. The summed E-state index contributed by atoms with van der Waals surface area (Å²) in [4.78, 5) is 0. The fourth-order valence-corrected chi connectivity index (χ4v) is 2.91. The van der Waals surface area contributed by atoms with Gasteiger partial charge in [-0.05, 0) is 59.2 Å². The number of hydrogen-bond acceptors (Lipinski definition) is 2. The van der Waals surface area contributed by atoms with Gasteiger partial charge >= 0.3 is 0 Å². The molecule has 4 rings (SSSR count). The highest BCUT2D eigenvalue weighted by Crippen LogP contribution is 2.28. The SMILES string of the molecule is Clc1ccc(COc2cccc(Oc3ccc(-c4[c]cccc4)cc3)c2)cc1. The summed E-state index contributed by atoms with van der Waals surface area (Å²) in [6, 6.07) is 34.4. The summed E-state index contributed by atoms with van der Waals surface area (Å²) in [5.41, 5.74) is 3.23. The van der Waals surface area contributed by atoms with Crippen molar-refractivity contribution in [1.82, 2.24) is 0 Å². The lowest BCUT2D eigenvalue weighted by Gasteiger charge is -2.10. The van der Waals surface area contributed by atoms with Crippen molar-refractivity contribution in [2.24, 2.45) is 0 Å². The maximum Gasteiger partial charge on any atom is 0.131 e. The Labute approximate surface area is 169 Å². The topological polar surface area (TPSA) is 18.5 Å². The fraction of sp³-hybridized carbons (Fsp3) is 0.0400. The van der Waals surface area contributed by atoms with E-state index in [0.717, 1.165) is 39.0 Å². The van der Waals surface area contributed by atoms with Crippen molar-refractivity contribution < 1.29 is 9.47 Å². The lowest BCUT2D eigenvalue weighted by Crippen LogP contribution is -1.95. The molecule has 4 aromatic carbocycles. The molecule has 3 heteroatoms. The van der Waals surface area contributed by atoms with Gasteiger partial charge in [0.25, 0.3) is 0 Å². The van der Waals surface area contributed by atoms with Crippen LogP contribution < -0.4 is 9.47 Å². The maximum atomic E-state index is 5.97. The molecule has 2 nitrogen and oxygen atoms in total. The van der Waals surface area contributed by atoms with Crippen LogP contribution in [0.25, 0.3) is 11.1 Å². The first-order valence-electron chi connectivity index (χ1n) is 8.99. The number of halogens is 1. The summed E-state index contributed by atoms with van der Waals surface area (Å²) < 4.78 is 11.8. The smallest absolute Gasteiger partial charge is 0.131 e. The van der Waals surface area contributed by atoms with E-state index in [9.17, 15) is 0 Å². The first kappa shape index (κ1) is 18.1. The normalized spacial score (nSPS) is 10.5. The van der Waals surface area contributed by atoms with Crippen molar-refractivity contribution in [1.29, 1.82) is 0 Å². The van der Waals surface area contributed by atoms with E-state index < -0.39 is 0 Å². The van der Waals surface area contributed by atoms with Crippen LogP contribution >= 0.6 is 11.6 Å². The van der Waals surface area contributed by atoms with Gasteiger partial charge in [0.05, 0.1) is 0 Å². The Morgan fingerprint density at radius 2 is 1.50 bits per heavy atom. The standard InChI is InChI=1S/C25H18ClO2/c26-22-13-9-19(10-14-22)18-27-24-7-4-8-25(17-24)28-23-15-11-21(12-16-23)20-5-2-1-3-6-20/h1-5,7-17H,18H2. The van der Waals surface area contributed by atoms with E-state index in [-0.39, 0.29) is 0 Å². The molecule has 0 spiro atoms. The predicted molar refractivity (Wildman–Crippen MR) is 113 cm³/mol. The molecule has 0 aromatic heterocycles. The highest BCUT2D eigenvalue weighted by atomic mass is 35.5. The molecule has 0 fully saturated rings. The molecular weight excluding hydrogens is 368 g/mol. The molecule has 0 heterocycles. The lowest BCUT2D eigenvalue weighted by molar-refractivity contribution is 0.304. The summed E-state index contributed by atoms with van der Waals surface area (Å²) in [6.07, 6.45) is 0. The van der Waals surface area contributed by atoms with Crippen molar-refractivity contribution in [3.8, 4) is 28.4 Å². The highest BCUT2D eigenvalue weighted by molar-refractivity contribution is 6.30. The molecule has 0 aliphatic rings. The quantitative estimate of drug-likeness (QED) is 0.350. The van der Waals surface area contributed by atoms with Crippen LogP contribution in [-0.4, -0.2) is 0 Å². The van der Waals surface area contributed by atoms with Crippen molar-refractivity contribution in [3.05, 3.63) is 114 Å². The fourth-order valence-electron chi connectivity index (χ4n) is 2.79. The molecule has 1 radical (unpaired) electrons. The van der Waals surface area contributed by atoms with Crippen LogP contribution in [0, 0.1) is 6.07 Å². The van der Waals surface area contributed by atoms with Gasteiger partial charge in [-0.1, -0.05) is 66.2 Å². The van der Waals surface area contributed by atoms with E-state index in [1.54, 1.807) is 0 Å². The Morgan fingerprint density at radius 3 is 2.25 bits per heavy atom. The third-order valence-electron chi connectivity index (χ3n) is 4.23. The van der Waals surface area contributed by atoms with Gasteiger partial charge in [-0.2, -0.15) is 0 Å². The zero-order chi connectivity index (χ0) is 19.2. The summed E-state index contributed by atoms with van der Waals surface area (Å²) in [5.74, 6) is 2.25. The van der Waals surface area contributed by atoms with Gasteiger partial charge in [-0.3, -0.25) is 0 Å². The van der Waals surface area contributed by atoms with Crippen molar-refractivity contribution >= 4 is 11.6 Å². The second-order valence-corrected chi connectivity index (χ2v) is 6.73. The van der Waals surface area contributed by atoms with Crippen LogP contribution in [0.2, 0.25) is 5.02 Å². The van der Waals surface area contributed by atoms with Gasteiger partial charge in [-0.25, -0.2) is 0 Å². The first-order valence-corrected chi connectivity index (χ1v) is 9.36. The summed E-state index contributed by atoms with van der Waals surface area (Å²) >= 11 is 5.91. The monoisotopic (exact) mass is 385 g/mol. The predicted octanol–water partition coefficient (Wildman–Crippen LogP) is 7.18. The third-order valence-corrected chi connectivity index (χ3v) is 4.49. The molecule has 0 bridgehead atoms. The average molecular weight is 386 g/mol. The number of hydrogen-bond donors (Lipinski definition) is 0. The molecule has 28 heavy (non-hydrogen) atoms. The number of rotatable bonds is 6. The van der Waals surface area contributed by atoms with Gasteiger partial charge in [-0.15, -0.1) is 0 Å². The largest absolute Gasteiger partial charge is 0.489 e. The third kappa shape index (κ3) is 4.73. The van der Waals surface area contributed by atoms with Crippen molar-refractivity contribution in [2.45, 2.75) is 6.61 Å². The minimum atomic E-state index is 0.475. The highest BCUT2D eigenvalue weighted by Gasteiger charge is 2.03. The van der Waals surface area contributed by atoms with E-state index in [2.05, 4.69) is 6.07 Å². The second kappa shape index (κ2) is 8.64.